The Balaban J connectivity index is 1.62. The maximum absolute atomic E-state index is 12.5. The number of hydrogen-bond acceptors (Lipinski definition) is 5. The highest BCUT2D eigenvalue weighted by Gasteiger charge is 2.21. The first-order chi connectivity index (χ1) is 13.4. The molecule has 2 aromatic carbocycles. The highest BCUT2D eigenvalue weighted by molar-refractivity contribution is 7.91. The first kappa shape index (κ1) is 19.8. The van der Waals surface area contributed by atoms with Crippen LogP contribution in [0.2, 0.25) is 0 Å². The van der Waals surface area contributed by atoms with Crippen molar-refractivity contribution in [2.45, 2.75) is 24.3 Å². The molecule has 3 rings (SSSR count). The average Bonchev–Trinajstić information content (AvgIpc) is 3.26. The Kier molecular flexibility index (Phi) is 5.89. The van der Waals surface area contributed by atoms with Gasteiger partial charge in [-0.2, -0.15) is 5.10 Å². The second-order valence-electron chi connectivity index (χ2n) is 6.49. The van der Waals surface area contributed by atoms with Gasteiger partial charge in [0.25, 0.3) is 0 Å². The third kappa shape index (κ3) is 4.45. The van der Waals surface area contributed by atoms with Crippen LogP contribution in [0.1, 0.15) is 24.9 Å². The van der Waals surface area contributed by atoms with Gasteiger partial charge in [-0.3, -0.25) is 4.79 Å². The van der Waals surface area contributed by atoms with E-state index in [1.165, 1.54) is 6.33 Å². The Morgan fingerprint density at radius 2 is 1.79 bits per heavy atom. The van der Waals surface area contributed by atoms with Crippen molar-refractivity contribution in [3.8, 4) is 5.69 Å². The predicted octanol–water partition coefficient (Wildman–Crippen LogP) is 2.65. The average molecular weight is 398 g/mol. The van der Waals surface area contributed by atoms with Gasteiger partial charge >= 0.3 is 0 Å². The van der Waals surface area contributed by atoms with E-state index in [9.17, 15) is 13.2 Å². The summed E-state index contributed by atoms with van der Waals surface area (Å²) in [6.45, 7) is 1.91. The lowest BCUT2D eigenvalue weighted by Gasteiger charge is -2.25. The highest BCUT2D eigenvalue weighted by Crippen LogP contribution is 2.21. The summed E-state index contributed by atoms with van der Waals surface area (Å²) in [4.78, 5) is 18.3. The van der Waals surface area contributed by atoms with E-state index in [0.717, 1.165) is 11.3 Å². The van der Waals surface area contributed by atoms with E-state index < -0.39 is 9.84 Å². The van der Waals surface area contributed by atoms with Crippen LogP contribution in [0.3, 0.4) is 0 Å². The number of rotatable bonds is 7. The minimum Gasteiger partial charge on any atom is -0.339 e. The van der Waals surface area contributed by atoms with Gasteiger partial charge in [0.15, 0.2) is 9.84 Å². The van der Waals surface area contributed by atoms with Crippen molar-refractivity contribution in [1.82, 2.24) is 19.7 Å². The summed E-state index contributed by atoms with van der Waals surface area (Å²) in [5, 5.41) is 4.08. The van der Waals surface area contributed by atoms with Crippen LogP contribution in [-0.2, 0) is 14.6 Å². The van der Waals surface area contributed by atoms with E-state index in [2.05, 4.69) is 10.1 Å². The highest BCUT2D eigenvalue weighted by atomic mass is 32.2. The predicted molar refractivity (Wildman–Crippen MR) is 106 cm³/mol. The molecule has 3 aromatic rings. The Bertz CT molecular complexity index is 1020. The molecule has 146 valence electrons. The minimum absolute atomic E-state index is 0.0604. The molecule has 1 heterocycles. The summed E-state index contributed by atoms with van der Waals surface area (Å²) in [5.41, 5.74) is 1.82. The van der Waals surface area contributed by atoms with Crippen molar-refractivity contribution in [2.24, 2.45) is 0 Å². The summed E-state index contributed by atoms with van der Waals surface area (Å²) in [6.07, 6.45) is 3.02. The van der Waals surface area contributed by atoms with E-state index in [1.54, 1.807) is 53.3 Å². The van der Waals surface area contributed by atoms with Crippen molar-refractivity contribution >= 4 is 15.7 Å². The van der Waals surface area contributed by atoms with Gasteiger partial charge in [0.1, 0.15) is 12.7 Å². The Hall–Kier alpha value is -3.00. The van der Waals surface area contributed by atoms with Crippen LogP contribution in [0.25, 0.3) is 5.69 Å². The molecule has 7 nitrogen and oxygen atoms in total. The van der Waals surface area contributed by atoms with Crippen LogP contribution in [0.4, 0.5) is 0 Å². The monoisotopic (exact) mass is 398 g/mol. The van der Waals surface area contributed by atoms with Gasteiger partial charge in [0, 0.05) is 13.5 Å². The van der Waals surface area contributed by atoms with Crippen LogP contribution >= 0.6 is 0 Å². The lowest BCUT2D eigenvalue weighted by atomic mass is 10.1. The summed E-state index contributed by atoms with van der Waals surface area (Å²) >= 11 is 0. The second kappa shape index (κ2) is 8.35. The Morgan fingerprint density at radius 3 is 2.39 bits per heavy atom. The van der Waals surface area contributed by atoms with Crippen molar-refractivity contribution in [3.05, 3.63) is 72.8 Å². The zero-order valence-electron chi connectivity index (χ0n) is 15.8. The number of carbonyl (C=O) groups excluding carboxylic acids is 1. The number of sulfone groups is 1. The lowest BCUT2D eigenvalue weighted by Crippen LogP contribution is -2.31. The molecule has 0 saturated carbocycles. The summed E-state index contributed by atoms with van der Waals surface area (Å²) in [5.74, 6) is -0.426. The molecule has 0 aliphatic carbocycles. The molecule has 1 aromatic heterocycles. The first-order valence-corrected chi connectivity index (χ1v) is 10.5. The molecule has 0 aliphatic heterocycles. The summed E-state index contributed by atoms with van der Waals surface area (Å²) in [7, 11) is -1.79. The minimum atomic E-state index is -3.47. The van der Waals surface area contributed by atoms with E-state index >= 15 is 0 Å². The van der Waals surface area contributed by atoms with Gasteiger partial charge in [-0.1, -0.05) is 30.3 Å². The van der Waals surface area contributed by atoms with Crippen molar-refractivity contribution < 1.29 is 13.2 Å². The maximum atomic E-state index is 12.5. The number of aromatic nitrogens is 3. The van der Waals surface area contributed by atoms with Crippen molar-refractivity contribution in [3.63, 3.8) is 0 Å². The van der Waals surface area contributed by atoms with Gasteiger partial charge in [0.05, 0.1) is 22.4 Å². The maximum Gasteiger partial charge on any atom is 0.223 e. The molecule has 0 bridgehead atoms. The standard InChI is InChI=1S/C20H22N4O3S/c1-16(17-8-10-18(11-9-17)24-15-21-14-22-24)23(2)20(25)12-13-28(26,27)19-6-4-3-5-7-19/h3-11,14-16H,12-13H2,1-2H3/t16-/m0/s1. The number of nitrogens with zero attached hydrogens (tertiary/aromatic N) is 4. The van der Waals surface area contributed by atoms with Crippen LogP contribution in [-0.4, -0.2) is 46.8 Å². The molecule has 1 amide bonds. The molecule has 0 radical (unpaired) electrons. The first-order valence-electron chi connectivity index (χ1n) is 8.87. The van der Waals surface area contributed by atoms with E-state index in [-0.39, 0.29) is 29.0 Å². The lowest BCUT2D eigenvalue weighted by molar-refractivity contribution is -0.131. The molecular formula is C20H22N4O3S. The molecule has 0 aliphatic rings. The topological polar surface area (TPSA) is 85.2 Å². The molecule has 0 fully saturated rings. The van der Waals surface area contributed by atoms with Gasteiger partial charge in [-0.25, -0.2) is 18.1 Å². The number of amides is 1. The summed E-state index contributed by atoms with van der Waals surface area (Å²) < 4.78 is 26.4. The fourth-order valence-electron chi connectivity index (χ4n) is 2.83. The molecule has 0 spiro atoms. The zero-order valence-corrected chi connectivity index (χ0v) is 16.6. The molecule has 1 atom stereocenters. The number of carbonyl (C=O) groups is 1. The van der Waals surface area contributed by atoms with Gasteiger partial charge in [0.2, 0.25) is 5.91 Å². The van der Waals surface area contributed by atoms with Gasteiger partial charge in [-0.05, 0) is 36.8 Å². The van der Waals surface area contributed by atoms with Crippen LogP contribution in [0.15, 0.2) is 72.1 Å². The van der Waals surface area contributed by atoms with Crippen molar-refractivity contribution in [1.29, 1.82) is 0 Å². The third-order valence-corrected chi connectivity index (χ3v) is 6.45. The van der Waals surface area contributed by atoms with Crippen LogP contribution < -0.4 is 0 Å². The van der Waals surface area contributed by atoms with Gasteiger partial charge in [-0.15, -0.1) is 0 Å². The fraction of sp³-hybridized carbons (Fsp3) is 0.250. The van der Waals surface area contributed by atoms with Crippen LogP contribution in [0, 0.1) is 0 Å². The fourth-order valence-corrected chi connectivity index (χ4v) is 4.08. The second-order valence-corrected chi connectivity index (χ2v) is 8.60. The van der Waals surface area contributed by atoms with E-state index in [1.807, 2.05) is 31.2 Å². The van der Waals surface area contributed by atoms with E-state index in [0.29, 0.717) is 0 Å². The SMILES string of the molecule is C[C@@H](c1ccc(-n2cncn2)cc1)N(C)C(=O)CCS(=O)(=O)c1ccccc1. The van der Waals surface area contributed by atoms with Crippen LogP contribution in [0.5, 0.6) is 0 Å². The van der Waals surface area contributed by atoms with E-state index in [4.69, 9.17) is 0 Å². The molecule has 8 heteroatoms. The van der Waals surface area contributed by atoms with Crippen molar-refractivity contribution in [2.75, 3.05) is 12.8 Å². The molecule has 0 unspecified atom stereocenters. The number of hydrogen-bond donors (Lipinski definition) is 0. The third-order valence-electron chi connectivity index (χ3n) is 4.72. The quantitative estimate of drug-likeness (QED) is 0.611. The molecule has 28 heavy (non-hydrogen) atoms. The number of benzene rings is 2. The molecule has 0 N–H and O–H groups in total. The molecular weight excluding hydrogens is 376 g/mol. The Labute approximate surface area is 164 Å². The van der Waals surface area contributed by atoms with Gasteiger partial charge < -0.3 is 4.90 Å². The largest absolute Gasteiger partial charge is 0.339 e. The normalized spacial score (nSPS) is 12.5. The smallest absolute Gasteiger partial charge is 0.223 e. The summed E-state index contributed by atoms with van der Waals surface area (Å²) in [6, 6.07) is 15.7. The zero-order chi connectivity index (χ0) is 20.1. The molecule has 0 saturated heterocycles. The Morgan fingerprint density at radius 1 is 1.11 bits per heavy atom.